The third-order valence-electron chi connectivity index (χ3n) is 2.37. The molecule has 2 aromatic rings. The molecule has 0 fully saturated rings. The molecular formula is C10H8ClN3O5S2. The molecule has 0 aliphatic carbocycles. The van der Waals surface area contributed by atoms with Gasteiger partial charge in [0.15, 0.2) is 8.68 Å². The van der Waals surface area contributed by atoms with Gasteiger partial charge >= 0.3 is 0 Å². The number of anilines is 1. The topological polar surface area (TPSA) is 111 Å². The Kier molecular flexibility index (Phi) is 4.30. The summed E-state index contributed by atoms with van der Waals surface area (Å²) in [7, 11) is -2.64. The monoisotopic (exact) mass is 349 g/mol. The Morgan fingerprint density at radius 3 is 2.71 bits per heavy atom. The lowest BCUT2D eigenvalue weighted by Gasteiger charge is -2.07. The summed E-state index contributed by atoms with van der Waals surface area (Å²) in [4.78, 5) is 13.9. The van der Waals surface area contributed by atoms with Gasteiger partial charge in [0.1, 0.15) is 11.4 Å². The fourth-order valence-electron chi connectivity index (χ4n) is 1.43. The highest BCUT2D eigenvalue weighted by molar-refractivity contribution is 7.94. The van der Waals surface area contributed by atoms with Crippen LogP contribution in [0.25, 0.3) is 0 Å². The van der Waals surface area contributed by atoms with E-state index < -0.39 is 20.6 Å². The van der Waals surface area contributed by atoms with Crippen LogP contribution in [0.15, 0.2) is 28.6 Å². The van der Waals surface area contributed by atoms with Crippen molar-refractivity contribution in [2.75, 3.05) is 11.8 Å². The van der Waals surface area contributed by atoms with Gasteiger partial charge in [0.2, 0.25) is 0 Å². The molecule has 0 saturated heterocycles. The van der Waals surface area contributed by atoms with Gasteiger partial charge < -0.3 is 4.74 Å². The highest BCUT2D eigenvalue weighted by atomic mass is 35.5. The van der Waals surface area contributed by atoms with Gasteiger partial charge in [-0.25, -0.2) is 13.4 Å². The molecule has 8 nitrogen and oxygen atoms in total. The molecule has 1 aromatic carbocycles. The molecule has 112 valence electrons. The molecule has 21 heavy (non-hydrogen) atoms. The number of aromatic nitrogens is 1. The van der Waals surface area contributed by atoms with Crippen molar-refractivity contribution in [2.24, 2.45) is 0 Å². The van der Waals surface area contributed by atoms with Crippen molar-refractivity contribution >= 4 is 44.3 Å². The van der Waals surface area contributed by atoms with Gasteiger partial charge in [-0.2, -0.15) is 0 Å². The SMILES string of the molecule is COc1ccc(NS(=O)(=O)c2cnc(Cl)s2)c([N+](=O)[O-])c1. The number of nitro benzene ring substituents is 1. The number of nitrogens with zero attached hydrogens (tertiary/aromatic N) is 2. The number of nitro groups is 1. The molecule has 1 N–H and O–H groups in total. The summed E-state index contributed by atoms with van der Waals surface area (Å²) in [6.07, 6.45) is 1.07. The van der Waals surface area contributed by atoms with E-state index in [1.54, 1.807) is 0 Å². The van der Waals surface area contributed by atoms with E-state index in [0.717, 1.165) is 23.6 Å². The number of benzene rings is 1. The standard InChI is InChI=1S/C10H8ClN3O5S2/c1-19-6-2-3-7(8(4-6)14(15)16)13-21(17,18)9-5-12-10(11)20-9/h2-5,13H,1H3. The summed E-state index contributed by atoms with van der Waals surface area (Å²) >= 11 is 6.33. The van der Waals surface area contributed by atoms with Crippen LogP contribution in [0, 0.1) is 10.1 Å². The van der Waals surface area contributed by atoms with Gasteiger partial charge in [0.25, 0.3) is 15.7 Å². The zero-order valence-corrected chi connectivity index (χ0v) is 12.8. The van der Waals surface area contributed by atoms with E-state index in [1.807, 2.05) is 0 Å². The molecular weight excluding hydrogens is 342 g/mol. The van der Waals surface area contributed by atoms with E-state index >= 15 is 0 Å². The zero-order valence-electron chi connectivity index (χ0n) is 10.4. The van der Waals surface area contributed by atoms with Crippen molar-refractivity contribution in [3.05, 3.63) is 39.0 Å². The number of hydrogen-bond acceptors (Lipinski definition) is 7. The van der Waals surface area contributed by atoms with Crippen LogP contribution in [0.5, 0.6) is 5.75 Å². The normalized spacial score (nSPS) is 11.1. The molecule has 1 aromatic heterocycles. The van der Waals surface area contributed by atoms with Crippen molar-refractivity contribution in [2.45, 2.75) is 4.21 Å². The van der Waals surface area contributed by atoms with Gasteiger partial charge in [-0.3, -0.25) is 14.8 Å². The van der Waals surface area contributed by atoms with Crippen molar-refractivity contribution in [1.29, 1.82) is 0 Å². The predicted octanol–water partition coefficient (Wildman–Crippen LogP) is 2.51. The molecule has 2 rings (SSSR count). The van der Waals surface area contributed by atoms with Gasteiger partial charge in [-0.1, -0.05) is 22.9 Å². The van der Waals surface area contributed by atoms with Crippen molar-refractivity contribution in [3.63, 3.8) is 0 Å². The lowest BCUT2D eigenvalue weighted by atomic mass is 10.2. The Balaban J connectivity index is 2.41. The quantitative estimate of drug-likeness (QED) is 0.655. The fraction of sp³-hybridized carbons (Fsp3) is 0.100. The first-order valence-electron chi connectivity index (χ1n) is 5.30. The number of nitrogens with one attached hydrogen (secondary N) is 1. The molecule has 0 aliphatic heterocycles. The second kappa shape index (κ2) is 5.84. The number of methoxy groups -OCH3 is 1. The maximum atomic E-state index is 12.1. The van der Waals surface area contributed by atoms with Crippen LogP contribution in [0.3, 0.4) is 0 Å². The highest BCUT2D eigenvalue weighted by Crippen LogP contribution is 2.32. The van der Waals surface area contributed by atoms with Crippen LogP contribution >= 0.6 is 22.9 Å². The molecule has 0 saturated carbocycles. The van der Waals surface area contributed by atoms with Crippen LogP contribution in [0.1, 0.15) is 0 Å². The van der Waals surface area contributed by atoms with E-state index in [1.165, 1.54) is 19.2 Å². The van der Waals surface area contributed by atoms with Gasteiger partial charge in [0, 0.05) is 0 Å². The highest BCUT2D eigenvalue weighted by Gasteiger charge is 2.23. The third kappa shape index (κ3) is 3.40. The summed E-state index contributed by atoms with van der Waals surface area (Å²) in [5.74, 6) is 0.241. The zero-order chi connectivity index (χ0) is 15.6. The number of halogens is 1. The van der Waals surface area contributed by atoms with Crippen molar-refractivity contribution in [3.8, 4) is 5.75 Å². The number of rotatable bonds is 5. The Labute approximate surface area is 128 Å². The van der Waals surface area contributed by atoms with Crippen LogP contribution in [-0.4, -0.2) is 25.4 Å². The number of hydrogen-bond donors (Lipinski definition) is 1. The van der Waals surface area contributed by atoms with Gasteiger partial charge in [-0.15, -0.1) is 0 Å². The van der Waals surface area contributed by atoms with Crippen molar-refractivity contribution in [1.82, 2.24) is 4.98 Å². The van der Waals surface area contributed by atoms with E-state index in [2.05, 4.69) is 9.71 Å². The summed E-state index contributed by atoms with van der Waals surface area (Å²) < 4.78 is 31.1. The van der Waals surface area contributed by atoms with Crippen LogP contribution in [0.4, 0.5) is 11.4 Å². The Bertz CT molecular complexity index is 790. The second-order valence-corrected chi connectivity index (χ2v) is 7.20. The average molecular weight is 350 g/mol. The molecule has 0 unspecified atom stereocenters. The molecule has 0 aliphatic rings. The minimum Gasteiger partial charge on any atom is -0.496 e. The smallest absolute Gasteiger partial charge is 0.297 e. The Morgan fingerprint density at radius 1 is 1.48 bits per heavy atom. The fourth-order valence-corrected chi connectivity index (χ4v) is 3.80. The first kappa shape index (κ1) is 15.5. The van der Waals surface area contributed by atoms with E-state index in [0.29, 0.717) is 0 Å². The lowest BCUT2D eigenvalue weighted by molar-refractivity contribution is -0.384. The summed E-state index contributed by atoms with van der Waals surface area (Å²) in [6, 6.07) is 3.78. The first-order chi connectivity index (χ1) is 9.83. The summed E-state index contributed by atoms with van der Waals surface area (Å²) in [5.41, 5.74) is -0.598. The van der Waals surface area contributed by atoms with Crippen LogP contribution in [-0.2, 0) is 10.0 Å². The van der Waals surface area contributed by atoms with E-state index in [-0.39, 0.29) is 20.1 Å². The second-order valence-electron chi connectivity index (χ2n) is 3.68. The predicted molar refractivity (Wildman–Crippen MR) is 77.6 cm³/mol. The van der Waals surface area contributed by atoms with Crippen LogP contribution < -0.4 is 9.46 Å². The number of sulfonamides is 1. The minimum absolute atomic E-state index is 0.0552. The Morgan fingerprint density at radius 2 is 2.19 bits per heavy atom. The molecule has 11 heteroatoms. The van der Waals surface area contributed by atoms with Gasteiger partial charge in [-0.05, 0) is 12.1 Å². The maximum Gasteiger partial charge on any atom is 0.297 e. The lowest BCUT2D eigenvalue weighted by Crippen LogP contribution is -2.12. The molecule has 0 spiro atoms. The Hall–Kier alpha value is -1.91. The largest absolute Gasteiger partial charge is 0.496 e. The average Bonchev–Trinajstić information content (AvgIpc) is 2.86. The number of ether oxygens (including phenoxy) is 1. The third-order valence-corrected chi connectivity index (χ3v) is 5.31. The van der Waals surface area contributed by atoms with Gasteiger partial charge in [0.05, 0.1) is 24.3 Å². The summed E-state index contributed by atoms with van der Waals surface area (Å²) in [6.45, 7) is 0. The van der Waals surface area contributed by atoms with Crippen LogP contribution in [0.2, 0.25) is 4.47 Å². The molecule has 0 bridgehead atoms. The minimum atomic E-state index is -3.99. The molecule has 0 amide bonds. The molecule has 1 heterocycles. The molecule has 0 atom stereocenters. The van der Waals surface area contributed by atoms with E-state index in [4.69, 9.17) is 16.3 Å². The molecule has 0 radical (unpaired) electrons. The number of thiazole rings is 1. The van der Waals surface area contributed by atoms with E-state index in [9.17, 15) is 18.5 Å². The van der Waals surface area contributed by atoms with Crippen molar-refractivity contribution < 1.29 is 18.1 Å². The summed E-state index contributed by atoms with van der Waals surface area (Å²) in [5, 5.41) is 11.0. The maximum absolute atomic E-state index is 12.1. The first-order valence-corrected chi connectivity index (χ1v) is 7.98.